The molecule has 1 atom stereocenters. The second kappa shape index (κ2) is 10.6. The van der Waals surface area contributed by atoms with Gasteiger partial charge in [0.1, 0.15) is 5.75 Å². The van der Waals surface area contributed by atoms with Crippen molar-refractivity contribution in [1.29, 1.82) is 0 Å². The zero-order valence-electron chi connectivity index (χ0n) is 18.1. The Balaban J connectivity index is 1.50. The van der Waals surface area contributed by atoms with E-state index in [4.69, 9.17) is 39.5 Å². The van der Waals surface area contributed by atoms with Crippen LogP contribution in [0.3, 0.4) is 0 Å². The van der Waals surface area contributed by atoms with Crippen molar-refractivity contribution in [2.24, 2.45) is 0 Å². The molecule has 0 N–H and O–H groups in total. The van der Waals surface area contributed by atoms with Gasteiger partial charge in [0.15, 0.2) is 16.4 Å². The number of ether oxygens (including phenoxy) is 1. The number of hydrogen-bond donors (Lipinski definition) is 0. The minimum Gasteiger partial charge on any atom is -0.484 e. The molecule has 9 heteroatoms. The lowest BCUT2D eigenvalue weighted by atomic mass is 10.0. The normalized spacial score (nSPS) is 16.9. The molecule has 1 fully saturated rings. The van der Waals surface area contributed by atoms with Crippen molar-refractivity contribution in [2.45, 2.75) is 19.0 Å². The van der Waals surface area contributed by atoms with E-state index in [0.717, 1.165) is 16.7 Å². The van der Waals surface area contributed by atoms with Gasteiger partial charge in [-0.3, -0.25) is 4.79 Å². The van der Waals surface area contributed by atoms with Gasteiger partial charge in [-0.05, 0) is 53.9 Å². The van der Waals surface area contributed by atoms with E-state index in [1.807, 2.05) is 30.3 Å². The van der Waals surface area contributed by atoms with Crippen molar-refractivity contribution in [3.63, 3.8) is 0 Å². The number of hydrogen-bond acceptors (Lipinski definition) is 4. The number of carbonyl (C=O) groups excluding carboxylic acids is 1. The van der Waals surface area contributed by atoms with Crippen LogP contribution in [0.5, 0.6) is 5.75 Å². The van der Waals surface area contributed by atoms with Crippen LogP contribution in [0.1, 0.15) is 12.0 Å². The Morgan fingerprint density at radius 3 is 2.24 bits per heavy atom. The van der Waals surface area contributed by atoms with Crippen LogP contribution in [0.25, 0.3) is 11.1 Å². The molecule has 3 aromatic carbocycles. The predicted molar refractivity (Wildman–Crippen MR) is 136 cm³/mol. The van der Waals surface area contributed by atoms with Gasteiger partial charge in [0.25, 0.3) is 5.91 Å². The molecule has 0 aliphatic carbocycles. The zero-order chi connectivity index (χ0) is 24.3. The standard InChI is InChI=1S/C25H22Cl3NO4S/c26-19-5-8-22(9-6-19)33-15-25(30)29(21-11-12-34(31,32)16-21)14-17-1-3-18(4-2-17)23-10-7-20(27)13-24(23)28/h1-10,13,21H,11-12,14-16H2. The number of amides is 1. The largest absolute Gasteiger partial charge is 0.484 e. The Morgan fingerprint density at radius 2 is 1.62 bits per heavy atom. The van der Waals surface area contributed by atoms with Crippen LogP contribution in [0.15, 0.2) is 66.7 Å². The van der Waals surface area contributed by atoms with Gasteiger partial charge < -0.3 is 9.64 Å². The maximum atomic E-state index is 13.1. The molecule has 178 valence electrons. The first-order valence-corrected chi connectivity index (χ1v) is 13.6. The van der Waals surface area contributed by atoms with E-state index in [1.165, 1.54) is 0 Å². The SMILES string of the molecule is O=C(COc1ccc(Cl)cc1)N(Cc1ccc(-c2ccc(Cl)cc2Cl)cc1)C1CCS(=O)(=O)C1. The van der Waals surface area contributed by atoms with E-state index in [2.05, 4.69) is 0 Å². The lowest BCUT2D eigenvalue weighted by Gasteiger charge is -2.28. The van der Waals surface area contributed by atoms with Crippen LogP contribution in [0, 0.1) is 0 Å². The first-order valence-electron chi connectivity index (χ1n) is 10.6. The average Bonchev–Trinajstić information content (AvgIpc) is 3.17. The fraction of sp³-hybridized carbons (Fsp3) is 0.240. The molecule has 0 spiro atoms. The molecule has 34 heavy (non-hydrogen) atoms. The Labute approximate surface area is 214 Å². The summed E-state index contributed by atoms with van der Waals surface area (Å²) in [6.07, 6.45) is 0.410. The van der Waals surface area contributed by atoms with Gasteiger partial charge in [-0.2, -0.15) is 0 Å². The number of carbonyl (C=O) groups is 1. The highest BCUT2D eigenvalue weighted by Gasteiger charge is 2.34. The fourth-order valence-electron chi connectivity index (χ4n) is 3.91. The molecule has 1 amide bonds. The highest BCUT2D eigenvalue weighted by atomic mass is 35.5. The number of rotatable bonds is 7. The maximum absolute atomic E-state index is 13.1. The van der Waals surface area contributed by atoms with Crippen LogP contribution in [-0.4, -0.2) is 43.4 Å². The summed E-state index contributed by atoms with van der Waals surface area (Å²) in [7, 11) is -3.16. The van der Waals surface area contributed by atoms with Crippen LogP contribution < -0.4 is 4.74 Å². The average molecular weight is 539 g/mol. The van der Waals surface area contributed by atoms with Crippen LogP contribution in [-0.2, 0) is 21.2 Å². The van der Waals surface area contributed by atoms with Crippen LogP contribution >= 0.6 is 34.8 Å². The molecule has 5 nitrogen and oxygen atoms in total. The van der Waals surface area contributed by atoms with Crippen molar-refractivity contribution < 1.29 is 17.9 Å². The van der Waals surface area contributed by atoms with Gasteiger partial charge in [0.2, 0.25) is 0 Å². The van der Waals surface area contributed by atoms with Crippen molar-refractivity contribution >= 4 is 50.5 Å². The Bertz CT molecular complexity index is 1280. The number of nitrogens with zero attached hydrogens (tertiary/aromatic N) is 1. The molecular formula is C25H22Cl3NO4S. The maximum Gasteiger partial charge on any atom is 0.261 e. The summed E-state index contributed by atoms with van der Waals surface area (Å²) in [6, 6.07) is 19.3. The molecule has 1 saturated heterocycles. The zero-order valence-corrected chi connectivity index (χ0v) is 21.2. The van der Waals surface area contributed by atoms with Gasteiger partial charge >= 0.3 is 0 Å². The van der Waals surface area contributed by atoms with Crippen molar-refractivity contribution in [3.8, 4) is 16.9 Å². The summed E-state index contributed by atoms with van der Waals surface area (Å²) in [5.74, 6) is 0.272. The monoisotopic (exact) mass is 537 g/mol. The second-order valence-corrected chi connectivity index (χ2v) is 11.7. The van der Waals surface area contributed by atoms with E-state index in [0.29, 0.717) is 27.2 Å². The highest BCUT2D eigenvalue weighted by molar-refractivity contribution is 7.91. The first-order chi connectivity index (χ1) is 16.2. The summed E-state index contributed by atoms with van der Waals surface area (Å²) in [5.41, 5.74) is 2.64. The van der Waals surface area contributed by atoms with E-state index in [9.17, 15) is 13.2 Å². The molecule has 1 aliphatic heterocycles. The van der Waals surface area contributed by atoms with E-state index in [1.54, 1.807) is 41.3 Å². The minimum atomic E-state index is -3.16. The molecule has 3 aromatic rings. The van der Waals surface area contributed by atoms with Gasteiger partial charge in [0.05, 0.1) is 11.5 Å². The van der Waals surface area contributed by atoms with E-state index >= 15 is 0 Å². The summed E-state index contributed by atoms with van der Waals surface area (Å²) in [4.78, 5) is 14.7. The van der Waals surface area contributed by atoms with Crippen LogP contribution in [0.2, 0.25) is 15.1 Å². The van der Waals surface area contributed by atoms with Gasteiger partial charge in [-0.15, -0.1) is 0 Å². The smallest absolute Gasteiger partial charge is 0.261 e. The van der Waals surface area contributed by atoms with Crippen LogP contribution in [0.4, 0.5) is 0 Å². The van der Waals surface area contributed by atoms with Crippen molar-refractivity contribution in [1.82, 2.24) is 4.90 Å². The predicted octanol–water partition coefficient (Wildman–Crippen LogP) is 5.91. The minimum absolute atomic E-state index is 0.0435. The lowest BCUT2D eigenvalue weighted by Crippen LogP contribution is -2.43. The summed E-state index contributed by atoms with van der Waals surface area (Å²) in [5, 5.41) is 1.68. The molecule has 1 unspecified atom stereocenters. The topological polar surface area (TPSA) is 63.7 Å². The van der Waals surface area contributed by atoms with E-state index < -0.39 is 15.9 Å². The molecule has 0 radical (unpaired) electrons. The molecule has 0 saturated carbocycles. The summed E-state index contributed by atoms with van der Waals surface area (Å²) < 4.78 is 29.8. The molecule has 0 aromatic heterocycles. The summed E-state index contributed by atoms with van der Waals surface area (Å²) >= 11 is 18.2. The Morgan fingerprint density at radius 1 is 0.941 bits per heavy atom. The Kier molecular flexibility index (Phi) is 7.73. The third-order valence-corrected chi connectivity index (χ3v) is 8.24. The number of benzene rings is 3. The third-order valence-electron chi connectivity index (χ3n) is 5.69. The van der Waals surface area contributed by atoms with Crippen molar-refractivity contribution in [2.75, 3.05) is 18.1 Å². The lowest BCUT2D eigenvalue weighted by molar-refractivity contribution is -0.136. The Hall–Kier alpha value is -2.25. The second-order valence-electron chi connectivity index (χ2n) is 8.14. The summed E-state index contributed by atoms with van der Waals surface area (Å²) in [6.45, 7) is 0.0777. The van der Waals surface area contributed by atoms with Gasteiger partial charge in [-0.1, -0.05) is 65.1 Å². The van der Waals surface area contributed by atoms with E-state index in [-0.39, 0.29) is 30.6 Å². The quantitative estimate of drug-likeness (QED) is 0.375. The fourth-order valence-corrected chi connectivity index (χ4v) is 6.29. The molecule has 1 aliphatic rings. The highest BCUT2D eigenvalue weighted by Crippen LogP contribution is 2.31. The molecule has 1 heterocycles. The van der Waals surface area contributed by atoms with Gasteiger partial charge in [0, 0.05) is 33.2 Å². The van der Waals surface area contributed by atoms with Crippen molar-refractivity contribution in [3.05, 3.63) is 87.4 Å². The third kappa shape index (κ3) is 6.25. The molecule has 4 rings (SSSR count). The first kappa shape index (κ1) is 24.9. The number of halogens is 3. The molecular weight excluding hydrogens is 517 g/mol. The molecule has 0 bridgehead atoms. The number of sulfone groups is 1. The van der Waals surface area contributed by atoms with Gasteiger partial charge in [-0.25, -0.2) is 8.42 Å².